The molecule has 0 radical (unpaired) electrons. The summed E-state index contributed by atoms with van der Waals surface area (Å²) in [5.41, 5.74) is 5.77. The van der Waals surface area contributed by atoms with Gasteiger partial charge in [0.05, 0.1) is 30.8 Å². The highest BCUT2D eigenvalue weighted by molar-refractivity contribution is 7.91. The Morgan fingerprint density at radius 1 is 1.39 bits per heavy atom. The number of aliphatic imine (C=N–C) groups is 1. The van der Waals surface area contributed by atoms with Crippen molar-refractivity contribution in [3.63, 3.8) is 0 Å². The molecule has 2 fully saturated rings. The van der Waals surface area contributed by atoms with Gasteiger partial charge in [0.2, 0.25) is 0 Å². The highest BCUT2D eigenvalue weighted by atomic mass is 32.2. The molecule has 3 N–H and O–H groups in total. The average Bonchev–Trinajstić information content (AvgIpc) is 2.78. The van der Waals surface area contributed by atoms with Crippen molar-refractivity contribution in [3.05, 3.63) is 0 Å². The number of nitrogens with two attached hydrogens (primary N) is 1. The van der Waals surface area contributed by atoms with Gasteiger partial charge in [-0.2, -0.15) is 0 Å². The zero-order chi connectivity index (χ0) is 13.0. The minimum Gasteiger partial charge on any atom is -0.374 e. The highest BCUT2D eigenvalue weighted by Gasteiger charge is 2.25. The van der Waals surface area contributed by atoms with Gasteiger partial charge >= 0.3 is 0 Å². The molecule has 0 aromatic carbocycles. The van der Waals surface area contributed by atoms with Gasteiger partial charge in [-0.1, -0.05) is 12.8 Å². The lowest BCUT2D eigenvalue weighted by Crippen LogP contribution is -2.41. The van der Waals surface area contributed by atoms with Gasteiger partial charge in [-0.15, -0.1) is 0 Å². The third-order valence-corrected chi connectivity index (χ3v) is 5.03. The van der Waals surface area contributed by atoms with E-state index < -0.39 is 9.84 Å². The van der Waals surface area contributed by atoms with E-state index in [1.54, 1.807) is 0 Å². The summed E-state index contributed by atoms with van der Waals surface area (Å²) >= 11 is 0. The minimum atomic E-state index is -2.96. The summed E-state index contributed by atoms with van der Waals surface area (Å²) in [4.78, 5) is 4.17. The second-order valence-electron chi connectivity index (χ2n) is 4.96. The summed E-state index contributed by atoms with van der Waals surface area (Å²) in [6, 6.07) is 0.421. The fraction of sp³-hybridized carbons (Fsp3) is 0.909. The van der Waals surface area contributed by atoms with Crippen molar-refractivity contribution in [1.82, 2.24) is 5.32 Å². The standard InChI is InChI=1S/C11H21N3O3S/c12-11(14-9-3-1-2-4-9)13-7-10-8-18(15,16)6-5-17-10/h9-10H,1-8H2,(H3,12,13,14). The smallest absolute Gasteiger partial charge is 0.188 e. The Balaban J connectivity index is 1.78. The molecule has 1 saturated carbocycles. The number of hydrogen-bond donors (Lipinski definition) is 2. The summed E-state index contributed by atoms with van der Waals surface area (Å²) < 4.78 is 28.2. The highest BCUT2D eigenvalue weighted by Crippen LogP contribution is 2.17. The number of rotatable bonds is 3. The van der Waals surface area contributed by atoms with Gasteiger partial charge in [0.1, 0.15) is 0 Å². The predicted octanol–water partition coefficient (Wildman–Crippen LogP) is -0.353. The first-order chi connectivity index (χ1) is 8.55. The number of guanidine groups is 1. The molecule has 1 unspecified atom stereocenters. The molecular weight excluding hydrogens is 254 g/mol. The van der Waals surface area contributed by atoms with Crippen LogP contribution in [0.4, 0.5) is 0 Å². The van der Waals surface area contributed by atoms with Crippen LogP contribution in [-0.4, -0.2) is 51.2 Å². The summed E-state index contributed by atoms with van der Waals surface area (Å²) in [6.45, 7) is 0.573. The van der Waals surface area contributed by atoms with Crippen molar-refractivity contribution in [1.29, 1.82) is 0 Å². The summed E-state index contributed by atoms with van der Waals surface area (Å²) in [5, 5.41) is 3.16. The van der Waals surface area contributed by atoms with E-state index in [1.807, 2.05) is 0 Å². The third kappa shape index (κ3) is 4.13. The maximum Gasteiger partial charge on any atom is 0.188 e. The monoisotopic (exact) mass is 275 g/mol. The minimum absolute atomic E-state index is 0.0488. The Bertz CT molecular complexity index is 402. The molecule has 1 aliphatic carbocycles. The van der Waals surface area contributed by atoms with E-state index in [-0.39, 0.29) is 24.2 Å². The molecule has 1 saturated heterocycles. The summed E-state index contributed by atoms with van der Waals surface area (Å²) in [7, 11) is -2.96. The summed E-state index contributed by atoms with van der Waals surface area (Å²) in [5.74, 6) is 0.560. The molecule has 6 nitrogen and oxygen atoms in total. The van der Waals surface area contributed by atoms with Gasteiger partial charge in [0.15, 0.2) is 15.8 Å². The van der Waals surface area contributed by atoms with Gasteiger partial charge in [-0.05, 0) is 12.8 Å². The molecule has 7 heteroatoms. The quantitative estimate of drug-likeness (QED) is 0.542. The van der Waals surface area contributed by atoms with E-state index in [2.05, 4.69) is 10.3 Å². The summed E-state index contributed by atoms with van der Waals surface area (Å²) in [6.07, 6.45) is 4.37. The van der Waals surface area contributed by atoms with Crippen molar-refractivity contribution < 1.29 is 13.2 Å². The van der Waals surface area contributed by atoms with Crippen molar-refractivity contribution in [2.24, 2.45) is 10.7 Å². The van der Waals surface area contributed by atoms with Crippen molar-refractivity contribution in [3.8, 4) is 0 Å². The zero-order valence-corrected chi connectivity index (χ0v) is 11.3. The molecule has 0 aromatic heterocycles. The number of ether oxygens (including phenoxy) is 1. The van der Waals surface area contributed by atoms with E-state index in [9.17, 15) is 8.42 Å². The van der Waals surface area contributed by atoms with E-state index in [0.29, 0.717) is 18.5 Å². The van der Waals surface area contributed by atoms with Gasteiger partial charge in [-0.25, -0.2) is 8.42 Å². The Kier molecular flexibility index (Phi) is 4.45. The lowest BCUT2D eigenvalue weighted by atomic mass is 10.2. The van der Waals surface area contributed by atoms with Crippen LogP contribution in [0, 0.1) is 0 Å². The van der Waals surface area contributed by atoms with Gasteiger partial charge in [0.25, 0.3) is 0 Å². The van der Waals surface area contributed by atoms with Crippen LogP contribution in [0.1, 0.15) is 25.7 Å². The Morgan fingerprint density at radius 2 is 2.11 bits per heavy atom. The number of nitrogens with zero attached hydrogens (tertiary/aromatic N) is 1. The van der Waals surface area contributed by atoms with Gasteiger partial charge in [0, 0.05) is 6.04 Å². The van der Waals surface area contributed by atoms with Crippen LogP contribution in [0.25, 0.3) is 0 Å². The zero-order valence-electron chi connectivity index (χ0n) is 10.5. The number of nitrogens with one attached hydrogen (secondary N) is 1. The van der Waals surface area contributed by atoms with Crippen molar-refractivity contribution >= 4 is 15.8 Å². The Morgan fingerprint density at radius 3 is 2.78 bits per heavy atom. The SMILES string of the molecule is NC(=NCC1CS(=O)(=O)CCO1)NC1CCCC1. The van der Waals surface area contributed by atoms with Crippen LogP contribution in [0.3, 0.4) is 0 Å². The molecule has 1 aliphatic heterocycles. The van der Waals surface area contributed by atoms with Crippen LogP contribution in [0.5, 0.6) is 0 Å². The Hall–Kier alpha value is -0.820. The second kappa shape index (κ2) is 5.88. The molecular formula is C11H21N3O3S. The lowest BCUT2D eigenvalue weighted by molar-refractivity contribution is 0.0782. The molecule has 1 atom stereocenters. The first kappa shape index (κ1) is 13.6. The average molecular weight is 275 g/mol. The Labute approximate surface area is 108 Å². The fourth-order valence-electron chi connectivity index (χ4n) is 2.39. The molecule has 2 aliphatic rings. The van der Waals surface area contributed by atoms with Crippen LogP contribution in [0.2, 0.25) is 0 Å². The van der Waals surface area contributed by atoms with Crippen LogP contribution in [-0.2, 0) is 14.6 Å². The van der Waals surface area contributed by atoms with Gasteiger partial charge in [-0.3, -0.25) is 4.99 Å². The largest absolute Gasteiger partial charge is 0.374 e. The van der Waals surface area contributed by atoms with Crippen LogP contribution in [0.15, 0.2) is 4.99 Å². The molecule has 0 amide bonds. The van der Waals surface area contributed by atoms with Crippen molar-refractivity contribution in [2.45, 2.75) is 37.8 Å². The second-order valence-corrected chi connectivity index (χ2v) is 7.19. The lowest BCUT2D eigenvalue weighted by Gasteiger charge is -2.21. The van der Waals surface area contributed by atoms with Crippen LogP contribution < -0.4 is 11.1 Å². The van der Waals surface area contributed by atoms with E-state index in [0.717, 1.165) is 12.8 Å². The molecule has 0 spiro atoms. The molecule has 2 rings (SSSR count). The van der Waals surface area contributed by atoms with Gasteiger partial charge < -0.3 is 15.8 Å². The van der Waals surface area contributed by atoms with Crippen LogP contribution >= 0.6 is 0 Å². The topological polar surface area (TPSA) is 93.8 Å². The van der Waals surface area contributed by atoms with E-state index in [4.69, 9.17) is 10.5 Å². The molecule has 1 heterocycles. The molecule has 0 bridgehead atoms. The fourth-order valence-corrected chi connectivity index (χ4v) is 3.67. The molecule has 18 heavy (non-hydrogen) atoms. The number of sulfone groups is 1. The maximum atomic E-state index is 11.4. The van der Waals surface area contributed by atoms with E-state index >= 15 is 0 Å². The first-order valence-corrected chi connectivity index (χ1v) is 8.26. The number of hydrogen-bond acceptors (Lipinski definition) is 4. The molecule has 104 valence electrons. The van der Waals surface area contributed by atoms with Crippen molar-refractivity contribution in [2.75, 3.05) is 24.7 Å². The first-order valence-electron chi connectivity index (χ1n) is 6.44. The third-order valence-electron chi connectivity index (χ3n) is 3.36. The maximum absolute atomic E-state index is 11.4. The van der Waals surface area contributed by atoms with E-state index in [1.165, 1.54) is 12.8 Å². The normalized spacial score (nSPS) is 29.3. The predicted molar refractivity (Wildman–Crippen MR) is 70.3 cm³/mol. The molecule has 0 aromatic rings.